The molecule has 0 unspecified atom stereocenters. The Morgan fingerprint density at radius 2 is 2.09 bits per heavy atom. The van der Waals surface area contributed by atoms with E-state index in [1.54, 1.807) is 0 Å². The Hall–Kier alpha value is -0.570. The molecule has 62 valence electrons. The second-order valence-electron chi connectivity index (χ2n) is 3.49. The molecule has 0 radical (unpaired) electrons. The van der Waals surface area contributed by atoms with Gasteiger partial charge >= 0.3 is 0 Å². The number of H-pyrrole nitrogens is 1. The highest BCUT2D eigenvalue weighted by Gasteiger charge is 2.18. The first kappa shape index (κ1) is 8.53. The lowest BCUT2D eigenvalue weighted by Gasteiger charge is -2.11. The Bertz CT molecular complexity index is 236. The Morgan fingerprint density at radius 1 is 1.45 bits per heavy atom. The highest BCUT2D eigenvalue weighted by Crippen LogP contribution is 2.17. The van der Waals surface area contributed by atoms with E-state index < -0.39 is 0 Å². The zero-order valence-electron chi connectivity index (χ0n) is 6.98. The number of aromatic nitrogens is 3. The average molecular weight is 174 g/mol. The number of aromatic amines is 1. The molecule has 0 aliphatic carbocycles. The van der Waals surface area contributed by atoms with E-state index in [1.165, 1.54) is 0 Å². The van der Waals surface area contributed by atoms with Crippen molar-refractivity contribution in [3.8, 4) is 0 Å². The first-order chi connectivity index (χ1) is 5.04. The van der Waals surface area contributed by atoms with Gasteiger partial charge in [-0.3, -0.25) is 5.10 Å². The van der Waals surface area contributed by atoms with Crippen molar-refractivity contribution in [1.29, 1.82) is 0 Å². The van der Waals surface area contributed by atoms with Crippen molar-refractivity contribution in [2.24, 2.45) is 0 Å². The van der Waals surface area contributed by atoms with Gasteiger partial charge in [0.25, 0.3) is 0 Å². The molecule has 11 heavy (non-hydrogen) atoms. The van der Waals surface area contributed by atoms with Gasteiger partial charge in [0, 0.05) is 5.41 Å². The zero-order valence-corrected chi connectivity index (χ0v) is 7.74. The van der Waals surface area contributed by atoms with Crippen molar-refractivity contribution in [3.63, 3.8) is 0 Å². The quantitative estimate of drug-likeness (QED) is 0.659. The van der Waals surface area contributed by atoms with Crippen LogP contribution in [0.4, 0.5) is 0 Å². The van der Waals surface area contributed by atoms with Crippen molar-refractivity contribution in [1.82, 2.24) is 15.2 Å². The van der Waals surface area contributed by atoms with Gasteiger partial charge in [0.1, 0.15) is 5.82 Å². The summed E-state index contributed by atoms with van der Waals surface area (Å²) in [5.74, 6) is 1.94. The maximum absolute atomic E-state index is 5.56. The van der Waals surface area contributed by atoms with Gasteiger partial charge < -0.3 is 0 Å². The lowest BCUT2D eigenvalue weighted by Crippen LogP contribution is -2.13. The molecule has 0 saturated heterocycles. The fourth-order valence-electron chi connectivity index (χ4n) is 0.690. The number of rotatable bonds is 1. The van der Waals surface area contributed by atoms with Crippen LogP contribution in [0.1, 0.15) is 32.4 Å². The maximum atomic E-state index is 5.56. The Labute approximate surface area is 71.2 Å². The molecular weight excluding hydrogens is 162 g/mol. The van der Waals surface area contributed by atoms with Crippen LogP contribution in [-0.2, 0) is 11.3 Å². The largest absolute Gasteiger partial charge is 0.262 e. The van der Waals surface area contributed by atoms with E-state index in [2.05, 4.69) is 36.0 Å². The standard InChI is InChI=1S/C7H12ClN3/c1-7(2,3)6-9-5(4-8)10-11-6/h4H2,1-3H3,(H,9,10,11). The lowest BCUT2D eigenvalue weighted by atomic mass is 9.96. The van der Waals surface area contributed by atoms with E-state index in [0.29, 0.717) is 5.88 Å². The molecule has 0 aromatic carbocycles. The van der Waals surface area contributed by atoms with E-state index in [1.807, 2.05) is 0 Å². The minimum Gasteiger partial charge on any atom is -0.262 e. The SMILES string of the molecule is CC(C)(C)c1n[nH]c(CCl)n1. The number of hydrogen-bond acceptors (Lipinski definition) is 2. The molecule has 1 heterocycles. The first-order valence-electron chi connectivity index (χ1n) is 3.52. The fraction of sp³-hybridized carbons (Fsp3) is 0.714. The van der Waals surface area contributed by atoms with Crippen LogP contribution >= 0.6 is 11.6 Å². The monoisotopic (exact) mass is 173 g/mol. The average Bonchev–Trinajstić information content (AvgIpc) is 2.32. The summed E-state index contributed by atoms with van der Waals surface area (Å²) in [6, 6.07) is 0. The highest BCUT2D eigenvalue weighted by molar-refractivity contribution is 6.16. The molecule has 1 N–H and O–H groups in total. The molecule has 4 heteroatoms. The summed E-state index contributed by atoms with van der Waals surface area (Å²) < 4.78 is 0. The molecule has 0 atom stereocenters. The normalized spacial score (nSPS) is 12.0. The van der Waals surface area contributed by atoms with Gasteiger partial charge in [-0.1, -0.05) is 20.8 Å². The van der Waals surface area contributed by atoms with Crippen molar-refractivity contribution in [2.75, 3.05) is 0 Å². The van der Waals surface area contributed by atoms with E-state index in [9.17, 15) is 0 Å². The third-order valence-electron chi connectivity index (χ3n) is 1.33. The van der Waals surface area contributed by atoms with Gasteiger partial charge in [-0.05, 0) is 0 Å². The number of nitrogens with zero attached hydrogens (tertiary/aromatic N) is 2. The molecule has 0 saturated carbocycles. The van der Waals surface area contributed by atoms with Crippen LogP contribution < -0.4 is 0 Å². The Morgan fingerprint density at radius 3 is 2.36 bits per heavy atom. The Kier molecular flexibility index (Phi) is 2.18. The molecule has 0 aliphatic rings. The molecule has 0 aliphatic heterocycles. The summed E-state index contributed by atoms with van der Waals surface area (Å²) >= 11 is 5.56. The number of hydrogen-bond donors (Lipinski definition) is 1. The molecule has 0 fully saturated rings. The van der Waals surface area contributed by atoms with Crippen molar-refractivity contribution < 1.29 is 0 Å². The van der Waals surface area contributed by atoms with Gasteiger partial charge in [0.05, 0.1) is 5.88 Å². The molecule has 0 bridgehead atoms. The van der Waals surface area contributed by atoms with Crippen LogP contribution in [0.5, 0.6) is 0 Å². The molecule has 0 spiro atoms. The van der Waals surface area contributed by atoms with Crippen LogP contribution in [-0.4, -0.2) is 15.2 Å². The second-order valence-corrected chi connectivity index (χ2v) is 3.76. The third-order valence-corrected chi connectivity index (χ3v) is 1.58. The third kappa shape index (κ3) is 1.93. The smallest absolute Gasteiger partial charge is 0.156 e. The van der Waals surface area contributed by atoms with Crippen LogP contribution in [0, 0.1) is 0 Å². The summed E-state index contributed by atoms with van der Waals surface area (Å²) in [5, 5.41) is 6.81. The lowest BCUT2D eigenvalue weighted by molar-refractivity contribution is 0.548. The van der Waals surface area contributed by atoms with Crippen molar-refractivity contribution >= 4 is 11.6 Å². The van der Waals surface area contributed by atoms with E-state index in [-0.39, 0.29) is 5.41 Å². The maximum Gasteiger partial charge on any atom is 0.156 e. The summed E-state index contributed by atoms with van der Waals surface area (Å²) in [7, 11) is 0. The van der Waals surface area contributed by atoms with Gasteiger partial charge in [-0.2, -0.15) is 5.10 Å². The highest BCUT2D eigenvalue weighted by atomic mass is 35.5. The number of alkyl halides is 1. The molecular formula is C7H12ClN3. The molecule has 1 aromatic heterocycles. The first-order valence-corrected chi connectivity index (χ1v) is 4.05. The summed E-state index contributed by atoms with van der Waals surface area (Å²) in [6.45, 7) is 6.19. The van der Waals surface area contributed by atoms with Crippen LogP contribution in [0.2, 0.25) is 0 Å². The molecule has 1 rings (SSSR count). The van der Waals surface area contributed by atoms with E-state index >= 15 is 0 Å². The van der Waals surface area contributed by atoms with E-state index in [0.717, 1.165) is 11.6 Å². The topological polar surface area (TPSA) is 41.6 Å². The van der Waals surface area contributed by atoms with Gasteiger partial charge in [-0.15, -0.1) is 11.6 Å². The van der Waals surface area contributed by atoms with Gasteiger partial charge in [0.15, 0.2) is 5.82 Å². The number of nitrogens with one attached hydrogen (secondary N) is 1. The van der Waals surface area contributed by atoms with Gasteiger partial charge in [-0.25, -0.2) is 4.98 Å². The molecule has 0 amide bonds. The summed E-state index contributed by atoms with van der Waals surface area (Å²) in [4.78, 5) is 4.20. The predicted molar refractivity (Wildman–Crippen MR) is 44.6 cm³/mol. The van der Waals surface area contributed by atoms with Crippen LogP contribution in [0.25, 0.3) is 0 Å². The zero-order chi connectivity index (χ0) is 8.48. The van der Waals surface area contributed by atoms with Crippen LogP contribution in [0.3, 0.4) is 0 Å². The number of halogens is 1. The molecule has 1 aromatic rings. The Balaban J connectivity index is 2.89. The van der Waals surface area contributed by atoms with Gasteiger partial charge in [0.2, 0.25) is 0 Å². The predicted octanol–water partition coefficient (Wildman–Crippen LogP) is 1.84. The summed E-state index contributed by atoms with van der Waals surface area (Å²) in [6.07, 6.45) is 0. The van der Waals surface area contributed by atoms with Crippen LogP contribution in [0.15, 0.2) is 0 Å². The minimum absolute atomic E-state index is 0.000802. The minimum atomic E-state index is 0.000802. The van der Waals surface area contributed by atoms with E-state index in [4.69, 9.17) is 11.6 Å². The van der Waals surface area contributed by atoms with Crippen molar-refractivity contribution in [2.45, 2.75) is 32.1 Å². The van der Waals surface area contributed by atoms with Crippen molar-refractivity contribution in [3.05, 3.63) is 11.6 Å². The molecule has 3 nitrogen and oxygen atoms in total. The second kappa shape index (κ2) is 2.81. The fourth-order valence-corrected chi connectivity index (χ4v) is 0.810. The summed E-state index contributed by atoms with van der Waals surface area (Å²) in [5.41, 5.74) is 0.000802.